The molecule has 0 aliphatic heterocycles. The summed E-state index contributed by atoms with van der Waals surface area (Å²) in [6.45, 7) is 0.162. The molecule has 1 aromatic carbocycles. The van der Waals surface area contributed by atoms with Gasteiger partial charge in [0, 0.05) is 18.7 Å². The smallest absolute Gasteiger partial charge is 0.294 e. The lowest BCUT2D eigenvalue weighted by atomic mass is 9.85. The van der Waals surface area contributed by atoms with Crippen LogP contribution in [0, 0.1) is 15.9 Å². The number of anilines is 1. The first-order valence-electron chi connectivity index (χ1n) is 6.51. The van der Waals surface area contributed by atoms with Crippen LogP contribution in [0.1, 0.15) is 32.1 Å². The molecule has 1 aliphatic rings. The van der Waals surface area contributed by atoms with Crippen LogP contribution in [0.4, 0.5) is 15.8 Å². The van der Waals surface area contributed by atoms with Gasteiger partial charge in [0.25, 0.3) is 5.69 Å². The standard InChI is InChI=1S/C13H16ClFN2O3/c14-9-6-12(17(19)20)11(7-10(9)15)16-8-13(18)4-2-1-3-5-13/h6-7,16,18H,1-5,8H2. The number of rotatable bonds is 4. The summed E-state index contributed by atoms with van der Waals surface area (Å²) in [5, 5.41) is 23.8. The third-order valence-corrected chi connectivity index (χ3v) is 3.92. The Morgan fingerprint density at radius 1 is 1.40 bits per heavy atom. The molecule has 0 radical (unpaired) electrons. The first-order chi connectivity index (χ1) is 9.41. The number of halogens is 2. The third-order valence-electron chi connectivity index (χ3n) is 3.63. The number of hydrogen-bond acceptors (Lipinski definition) is 4. The Balaban J connectivity index is 2.16. The summed E-state index contributed by atoms with van der Waals surface area (Å²) in [4.78, 5) is 10.3. The van der Waals surface area contributed by atoms with E-state index in [1.165, 1.54) is 0 Å². The van der Waals surface area contributed by atoms with E-state index in [1.54, 1.807) is 0 Å². The first-order valence-corrected chi connectivity index (χ1v) is 6.89. The Morgan fingerprint density at radius 2 is 2.05 bits per heavy atom. The van der Waals surface area contributed by atoms with Crippen LogP contribution in [0.3, 0.4) is 0 Å². The van der Waals surface area contributed by atoms with Crippen LogP contribution >= 0.6 is 11.6 Å². The number of hydrogen-bond donors (Lipinski definition) is 2. The Morgan fingerprint density at radius 3 is 2.65 bits per heavy atom. The van der Waals surface area contributed by atoms with Gasteiger partial charge < -0.3 is 10.4 Å². The Bertz CT molecular complexity index is 519. The molecule has 1 fully saturated rings. The molecule has 0 saturated heterocycles. The van der Waals surface area contributed by atoms with Crippen molar-refractivity contribution >= 4 is 23.0 Å². The molecule has 110 valence electrons. The molecule has 0 unspecified atom stereocenters. The molecule has 1 aromatic rings. The number of nitrogens with one attached hydrogen (secondary N) is 1. The van der Waals surface area contributed by atoms with Gasteiger partial charge in [-0.3, -0.25) is 10.1 Å². The van der Waals surface area contributed by atoms with E-state index in [2.05, 4.69) is 5.32 Å². The molecule has 2 N–H and O–H groups in total. The van der Waals surface area contributed by atoms with Gasteiger partial charge in [0.2, 0.25) is 0 Å². The van der Waals surface area contributed by atoms with E-state index in [9.17, 15) is 19.6 Å². The van der Waals surface area contributed by atoms with Crippen molar-refractivity contribution in [3.05, 3.63) is 33.1 Å². The second kappa shape index (κ2) is 5.93. The molecule has 0 spiro atoms. The highest BCUT2D eigenvalue weighted by Gasteiger charge is 2.30. The summed E-state index contributed by atoms with van der Waals surface area (Å²) in [5.74, 6) is -0.726. The largest absolute Gasteiger partial charge is 0.388 e. The van der Waals surface area contributed by atoms with E-state index >= 15 is 0 Å². The van der Waals surface area contributed by atoms with E-state index in [4.69, 9.17) is 11.6 Å². The minimum Gasteiger partial charge on any atom is -0.388 e. The topological polar surface area (TPSA) is 75.4 Å². The van der Waals surface area contributed by atoms with Crippen molar-refractivity contribution in [3.8, 4) is 0 Å². The molecule has 5 nitrogen and oxygen atoms in total. The molecular weight excluding hydrogens is 287 g/mol. The maximum atomic E-state index is 13.4. The molecule has 1 saturated carbocycles. The van der Waals surface area contributed by atoms with Gasteiger partial charge in [-0.2, -0.15) is 0 Å². The van der Waals surface area contributed by atoms with Crippen molar-refractivity contribution in [2.45, 2.75) is 37.7 Å². The van der Waals surface area contributed by atoms with Crippen LogP contribution in [0.25, 0.3) is 0 Å². The van der Waals surface area contributed by atoms with Crippen molar-refractivity contribution in [2.24, 2.45) is 0 Å². The van der Waals surface area contributed by atoms with Crippen LogP contribution in [-0.2, 0) is 0 Å². The lowest BCUT2D eigenvalue weighted by molar-refractivity contribution is -0.384. The molecule has 0 aromatic heterocycles. The fourth-order valence-corrected chi connectivity index (χ4v) is 2.63. The summed E-state index contributed by atoms with van der Waals surface area (Å²) < 4.78 is 13.4. The van der Waals surface area contributed by atoms with Crippen LogP contribution < -0.4 is 5.32 Å². The Labute approximate surface area is 120 Å². The minimum absolute atomic E-state index is 0.0379. The normalized spacial score (nSPS) is 17.8. The average Bonchev–Trinajstić information content (AvgIpc) is 2.40. The number of nitrogens with zero attached hydrogens (tertiary/aromatic N) is 1. The van der Waals surface area contributed by atoms with Crippen LogP contribution in [0.2, 0.25) is 5.02 Å². The summed E-state index contributed by atoms with van der Waals surface area (Å²) in [6, 6.07) is 1.97. The highest BCUT2D eigenvalue weighted by atomic mass is 35.5. The predicted octanol–water partition coefficient (Wildman–Crippen LogP) is 3.49. The molecule has 0 atom stereocenters. The molecule has 20 heavy (non-hydrogen) atoms. The molecular formula is C13H16ClFN2O3. The zero-order valence-corrected chi connectivity index (χ0v) is 11.6. The summed E-state index contributed by atoms with van der Waals surface area (Å²) in [7, 11) is 0. The van der Waals surface area contributed by atoms with Gasteiger partial charge in [-0.1, -0.05) is 30.9 Å². The molecule has 1 aliphatic carbocycles. The van der Waals surface area contributed by atoms with E-state index in [1.807, 2.05) is 0 Å². The van der Waals surface area contributed by atoms with Crippen LogP contribution in [-0.4, -0.2) is 22.2 Å². The second-order valence-electron chi connectivity index (χ2n) is 5.18. The highest BCUT2D eigenvalue weighted by Crippen LogP contribution is 2.33. The number of aliphatic hydroxyl groups is 1. The van der Waals surface area contributed by atoms with Gasteiger partial charge in [-0.15, -0.1) is 0 Å². The van der Waals surface area contributed by atoms with Crippen molar-refractivity contribution in [3.63, 3.8) is 0 Å². The highest BCUT2D eigenvalue weighted by molar-refractivity contribution is 6.31. The van der Waals surface area contributed by atoms with Gasteiger partial charge in [0.1, 0.15) is 11.5 Å². The fraction of sp³-hybridized carbons (Fsp3) is 0.538. The van der Waals surface area contributed by atoms with Crippen molar-refractivity contribution < 1.29 is 14.4 Å². The van der Waals surface area contributed by atoms with Crippen molar-refractivity contribution in [2.75, 3.05) is 11.9 Å². The van der Waals surface area contributed by atoms with E-state index in [-0.39, 0.29) is 22.9 Å². The summed E-state index contributed by atoms with van der Waals surface area (Å²) in [6.07, 6.45) is 4.22. The van der Waals surface area contributed by atoms with Crippen LogP contribution in [0.15, 0.2) is 12.1 Å². The first kappa shape index (κ1) is 15.0. The zero-order chi connectivity index (χ0) is 14.8. The molecule has 0 bridgehead atoms. The van der Waals surface area contributed by atoms with E-state index < -0.39 is 16.3 Å². The number of nitro benzene ring substituents is 1. The second-order valence-corrected chi connectivity index (χ2v) is 5.59. The zero-order valence-electron chi connectivity index (χ0n) is 10.9. The van der Waals surface area contributed by atoms with Gasteiger partial charge >= 0.3 is 0 Å². The quantitative estimate of drug-likeness (QED) is 0.659. The van der Waals surface area contributed by atoms with Crippen molar-refractivity contribution in [1.82, 2.24) is 0 Å². The summed E-state index contributed by atoms with van der Waals surface area (Å²) >= 11 is 5.55. The lowest BCUT2D eigenvalue weighted by Gasteiger charge is -2.32. The predicted molar refractivity (Wildman–Crippen MR) is 74.6 cm³/mol. The molecule has 0 amide bonds. The van der Waals surface area contributed by atoms with E-state index in [0.717, 1.165) is 31.4 Å². The van der Waals surface area contributed by atoms with Crippen molar-refractivity contribution in [1.29, 1.82) is 0 Å². The molecule has 7 heteroatoms. The van der Waals surface area contributed by atoms with Gasteiger partial charge in [-0.25, -0.2) is 4.39 Å². The van der Waals surface area contributed by atoms with Gasteiger partial charge in [-0.05, 0) is 12.8 Å². The molecule has 2 rings (SSSR count). The van der Waals surface area contributed by atoms with Gasteiger partial charge in [0.15, 0.2) is 0 Å². The monoisotopic (exact) mass is 302 g/mol. The Hall–Kier alpha value is -1.40. The maximum Gasteiger partial charge on any atom is 0.294 e. The Kier molecular flexibility index (Phi) is 4.45. The van der Waals surface area contributed by atoms with E-state index in [0.29, 0.717) is 12.8 Å². The number of nitro groups is 1. The lowest BCUT2D eigenvalue weighted by Crippen LogP contribution is -2.38. The minimum atomic E-state index is -0.887. The number of benzene rings is 1. The molecule has 0 heterocycles. The van der Waals surface area contributed by atoms with Crippen LogP contribution in [0.5, 0.6) is 0 Å². The van der Waals surface area contributed by atoms with Gasteiger partial charge in [0.05, 0.1) is 15.5 Å². The summed E-state index contributed by atoms with van der Waals surface area (Å²) in [5.41, 5.74) is -1.14. The fourth-order valence-electron chi connectivity index (χ4n) is 2.48. The SMILES string of the molecule is O=[N+]([O-])c1cc(Cl)c(F)cc1NCC1(O)CCCCC1. The third kappa shape index (κ3) is 3.37. The maximum absolute atomic E-state index is 13.4. The average molecular weight is 303 g/mol.